The Morgan fingerprint density at radius 1 is 1.28 bits per heavy atom. The number of rotatable bonds is 2. The van der Waals surface area contributed by atoms with E-state index in [1.807, 2.05) is 0 Å². The van der Waals surface area contributed by atoms with Crippen LogP contribution in [-0.4, -0.2) is 35.0 Å². The molecule has 0 aliphatic carbocycles. The SMILES string of the molecule is N#Cc1ccc(OC(F)(F)F)c2c1C(=O)N(C1CCC(=O)NC1=O)C2. The molecule has 0 saturated carbocycles. The van der Waals surface area contributed by atoms with E-state index in [2.05, 4.69) is 10.1 Å². The minimum Gasteiger partial charge on any atom is -0.405 e. The van der Waals surface area contributed by atoms with Crippen molar-refractivity contribution < 1.29 is 32.3 Å². The number of carbonyl (C=O) groups excluding carboxylic acids is 3. The van der Waals surface area contributed by atoms with Gasteiger partial charge in [0, 0.05) is 12.0 Å². The van der Waals surface area contributed by atoms with Crippen molar-refractivity contribution >= 4 is 17.7 Å². The van der Waals surface area contributed by atoms with Crippen LogP contribution in [-0.2, 0) is 16.1 Å². The van der Waals surface area contributed by atoms with Crippen molar-refractivity contribution in [2.24, 2.45) is 0 Å². The van der Waals surface area contributed by atoms with Gasteiger partial charge in [0.05, 0.1) is 23.7 Å². The highest BCUT2D eigenvalue weighted by molar-refractivity contribution is 6.06. The molecule has 1 atom stereocenters. The van der Waals surface area contributed by atoms with Gasteiger partial charge in [-0.3, -0.25) is 19.7 Å². The van der Waals surface area contributed by atoms with Crippen molar-refractivity contribution in [1.29, 1.82) is 5.26 Å². The molecule has 130 valence electrons. The fourth-order valence-electron chi connectivity index (χ4n) is 2.96. The van der Waals surface area contributed by atoms with E-state index >= 15 is 0 Å². The van der Waals surface area contributed by atoms with Crippen LogP contribution in [0.2, 0.25) is 0 Å². The number of ether oxygens (including phenoxy) is 1. The molecule has 1 saturated heterocycles. The van der Waals surface area contributed by atoms with Crippen LogP contribution in [0.3, 0.4) is 0 Å². The Kier molecular flexibility index (Phi) is 3.87. The maximum Gasteiger partial charge on any atom is 0.573 e. The lowest BCUT2D eigenvalue weighted by Crippen LogP contribution is -2.52. The van der Waals surface area contributed by atoms with Gasteiger partial charge in [-0.2, -0.15) is 5.26 Å². The summed E-state index contributed by atoms with van der Waals surface area (Å²) in [6, 6.07) is 2.78. The first-order valence-electron chi connectivity index (χ1n) is 7.17. The van der Waals surface area contributed by atoms with Crippen LogP contribution in [0.15, 0.2) is 12.1 Å². The second-order valence-corrected chi connectivity index (χ2v) is 5.52. The molecule has 10 heteroatoms. The van der Waals surface area contributed by atoms with Crippen LogP contribution in [0.1, 0.15) is 34.3 Å². The average molecular weight is 353 g/mol. The average Bonchev–Trinajstić information content (AvgIpc) is 2.85. The number of nitriles is 1. The Balaban J connectivity index is 1.99. The topological polar surface area (TPSA) is 99.5 Å². The highest BCUT2D eigenvalue weighted by Gasteiger charge is 2.43. The molecule has 1 unspecified atom stereocenters. The molecule has 0 radical (unpaired) electrons. The fourth-order valence-corrected chi connectivity index (χ4v) is 2.96. The van der Waals surface area contributed by atoms with Gasteiger partial charge >= 0.3 is 6.36 Å². The van der Waals surface area contributed by atoms with Crippen molar-refractivity contribution in [3.05, 3.63) is 28.8 Å². The molecular formula is C15H10F3N3O4. The van der Waals surface area contributed by atoms with E-state index in [9.17, 15) is 27.6 Å². The number of halogens is 3. The van der Waals surface area contributed by atoms with E-state index in [0.29, 0.717) is 0 Å². The number of amides is 3. The number of carbonyl (C=O) groups is 3. The zero-order valence-corrected chi connectivity index (χ0v) is 12.5. The van der Waals surface area contributed by atoms with Gasteiger partial charge in [0.15, 0.2) is 0 Å². The zero-order chi connectivity index (χ0) is 18.4. The molecule has 1 aromatic carbocycles. The predicted molar refractivity (Wildman–Crippen MR) is 73.9 cm³/mol. The van der Waals surface area contributed by atoms with Gasteiger partial charge in [-0.15, -0.1) is 13.2 Å². The number of alkyl halides is 3. The maximum absolute atomic E-state index is 12.6. The molecule has 3 amide bonds. The number of hydrogen-bond acceptors (Lipinski definition) is 5. The predicted octanol–water partition coefficient (Wildman–Crippen LogP) is 1.22. The van der Waals surface area contributed by atoms with E-state index in [-0.39, 0.29) is 36.1 Å². The van der Waals surface area contributed by atoms with E-state index in [0.717, 1.165) is 17.0 Å². The fraction of sp³-hybridized carbons (Fsp3) is 0.333. The molecule has 2 aliphatic heterocycles. The summed E-state index contributed by atoms with van der Waals surface area (Å²) < 4.78 is 41.6. The molecule has 0 aromatic heterocycles. The summed E-state index contributed by atoms with van der Waals surface area (Å²) in [5.41, 5.74) is -0.427. The number of fused-ring (bicyclic) bond motifs is 1. The first-order valence-corrected chi connectivity index (χ1v) is 7.17. The lowest BCUT2D eigenvalue weighted by atomic mass is 10.0. The second kappa shape index (κ2) is 5.77. The zero-order valence-electron chi connectivity index (χ0n) is 12.5. The number of benzene rings is 1. The van der Waals surface area contributed by atoms with Gasteiger partial charge < -0.3 is 9.64 Å². The molecule has 7 nitrogen and oxygen atoms in total. The number of piperidine rings is 1. The Morgan fingerprint density at radius 2 is 2.00 bits per heavy atom. The second-order valence-electron chi connectivity index (χ2n) is 5.52. The monoisotopic (exact) mass is 353 g/mol. The quantitative estimate of drug-likeness (QED) is 0.806. The van der Waals surface area contributed by atoms with Crippen LogP contribution in [0, 0.1) is 11.3 Å². The third kappa shape index (κ3) is 3.00. The Hall–Kier alpha value is -3.09. The van der Waals surface area contributed by atoms with E-state index in [1.54, 1.807) is 6.07 Å². The molecule has 25 heavy (non-hydrogen) atoms. The van der Waals surface area contributed by atoms with Crippen molar-refractivity contribution in [1.82, 2.24) is 10.2 Å². The Labute approximate surface area is 139 Å². The van der Waals surface area contributed by atoms with Gasteiger partial charge in [0.2, 0.25) is 11.8 Å². The summed E-state index contributed by atoms with van der Waals surface area (Å²) in [5, 5.41) is 11.2. The van der Waals surface area contributed by atoms with Gasteiger partial charge in [-0.1, -0.05) is 0 Å². The first kappa shape index (κ1) is 16.8. The highest BCUT2D eigenvalue weighted by atomic mass is 19.4. The third-order valence-electron chi connectivity index (χ3n) is 4.01. The van der Waals surface area contributed by atoms with Crippen molar-refractivity contribution in [3.8, 4) is 11.8 Å². The van der Waals surface area contributed by atoms with Gasteiger partial charge in [-0.05, 0) is 18.6 Å². The summed E-state index contributed by atoms with van der Waals surface area (Å²) in [7, 11) is 0. The minimum atomic E-state index is -4.97. The van der Waals surface area contributed by atoms with E-state index in [4.69, 9.17) is 5.26 Å². The molecule has 1 N–H and O–H groups in total. The van der Waals surface area contributed by atoms with Crippen LogP contribution in [0.4, 0.5) is 13.2 Å². The molecule has 3 rings (SSSR count). The molecule has 1 fully saturated rings. The summed E-state index contributed by atoms with van der Waals surface area (Å²) in [5.74, 6) is -2.52. The minimum absolute atomic E-state index is 0.00749. The molecule has 0 bridgehead atoms. The van der Waals surface area contributed by atoms with Crippen LogP contribution in [0.5, 0.6) is 5.75 Å². The summed E-state index contributed by atoms with van der Waals surface area (Å²) in [4.78, 5) is 36.8. The van der Waals surface area contributed by atoms with Gasteiger partial charge in [0.25, 0.3) is 5.91 Å². The first-order chi connectivity index (χ1) is 11.7. The number of imide groups is 1. The summed E-state index contributed by atoms with van der Waals surface area (Å²) >= 11 is 0. The third-order valence-corrected chi connectivity index (χ3v) is 4.01. The lowest BCUT2D eigenvalue weighted by Gasteiger charge is -2.29. The van der Waals surface area contributed by atoms with Gasteiger partial charge in [-0.25, -0.2) is 0 Å². The van der Waals surface area contributed by atoms with Crippen LogP contribution >= 0.6 is 0 Å². The Bertz CT molecular complexity index is 829. The Morgan fingerprint density at radius 3 is 2.60 bits per heavy atom. The number of hydrogen-bond donors (Lipinski definition) is 1. The molecule has 2 aliphatic rings. The molecule has 0 spiro atoms. The smallest absolute Gasteiger partial charge is 0.405 e. The summed E-state index contributed by atoms with van der Waals surface area (Å²) in [6.45, 7) is -0.318. The maximum atomic E-state index is 12.6. The van der Waals surface area contributed by atoms with Crippen LogP contribution < -0.4 is 10.1 Å². The molecule has 2 heterocycles. The van der Waals surface area contributed by atoms with Crippen molar-refractivity contribution in [2.75, 3.05) is 0 Å². The molecular weight excluding hydrogens is 343 g/mol. The largest absolute Gasteiger partial charge is 0.573 e. The van der Waals surface area contributed by atoms with Crippen molar-refractivity contribution in [2.45, 2.75) is 31.8 Å². The van der Waals surface area contributed by atoms with Crippen molar-refractivity contribution in [3.63, 3.8) is 0 Å². The van der Waals surface area contributed by atoms with E-state index in [1.165, 1.54) is 0 Å². The number of nitrogens with zero attached hydrogens (tertiary/aromatic N) is 2. The lowest BCUT2D eigenvalue weighted by molar-refractivity contribution is -0.275. The summed E-state index contributed by atoms with van der Waals surface area (Å²) in [6.07, 6.45) is -4.90. The standard InChI is InChI=1S/C15H10F3N3O4/c16-15(17,18)25-10-3-1-7(5-19)12-8(10)6-21(14(12)24)9-2-4-11(22)20-13(9)23/h1,3,9H,2,4,6H2,(H,20,22,23). The normalized spacial score (nSPS) is 20.2. The van der Waals surface area contributed by atoms with Gasteiger partial charge in [0.1, 0.15) is 11.8 Å². The molecule has 1 aromatic rings. The highest BCUT2D eigenvalue weighted by Crippen LogP contribution is 2.37. The number of nitrogens with one attached hydrogen (secondary N) is 1. The van der Waals surface area contributed by atoms with E-state index < -0.39 is 35.9 Å². The van der Waals surface area contributed by atoms with Crippen LogP contribution in [0.25, 0.3) is 0 Å².